The highest BCUT2D eigenvalue weighted by Crippen LogP contribution is 2.36. The fourth-order valence-electron chi connectivity index (χ4n) is 1.33. The molecule has 0 aliphatic carbocycles. The normalized spacial score (nSPS) is 12.3. The van der Waals surface area contributed by atoms with Gasteiger partial charge < -0.3 is 5.11 Å². The van der Waals surface area contributed by atoms with Gasteiger partial charge in [0.15, 0.2) is 4.34 Å². The van der Waals surface area contributed by atoms with Crippen molar-refractivity contribution in [3.8, 4) is 0 Å². The highest BCUT2D eigenvalue weighted by atomic mass is 32.2. The third-order valence-corrected chi connectivity index (χ3v) is 3.98. The van der Waals surface area contributed by atoms with Gasteiger partial charge in [-0.25, -0.2) is 4.98 Å². The van der Waals surface area contributed by atoms with Crippen LogP contribution < -0.4 is 0 Å². The summed E-state index contributed by atoms with van der Waals surface area (Å²) in [5, 5.41) is 20.4. The van der Waals surface area contributed by atoms with Gasteiger partial charge in [0, 0.05) is 6.07 Å². The number of rotatable bonds is 4. The molecule has 0 radical (unpaired) electrons. The average Bonchev–Trinajstić information content (AvgIpc) is 2.81. The molecule has 1 atom stereocenters. The van der Waals surface area contributed by atoms with E-state index in [9.17, 15) is 15.2 Å². The number of benzene rings is 1. The van der Waals surface area contributed by atoms with E-state index in [4.69, 9.17) is 0 Å². The fraction of sp³-hybridized carbons (Fsp3) is 0.200. The molecular formula is C10H9N3O3S2. The van der Waals surface area contributed by atoms with Crippen LogP contribution in [0, 0.1) is 10.1 Å². The van der Waals surface area contributed by atoms with Crippen molar-refractivity contribution in [2.45, 2.75) is 22.3 Å². The van der Waals surface area contributed by atoms with E-state index in [1.165, 1.54) is 35.7 Å². The van der Waals surface area contributed by atoms with Crippen LogP contribution in [0.2, 0.25) is 0 Å². The molecule has 0 aliphatic heterocycles. The van der Waals surface area contributed by atoms with Crippen molar-refractivity contribution in [3.05, 3.63) is 40.2 Å². The second kappa shape index (κ2) is 5.42. The first-order valence-electron chi connectivity index (χ1n) is 4.99. The summed E-state index contributed by atoms with van der Waals surface area (Å²) in [5.41, 5.74) is 0.483. The van der Waals surface area contributed by atoms with Gasteiger partial charge in [-0.05, 0) is 30.1 Å². The van der Waals surface area contributed by atoms with Gasteiger partial charge in [-0.2, -0.15) is 4.37 Å². The zero-order valence-corrected chi connectivity index (χ0v) is 10.9. The standard InChI is InChI=1S/C10H9N3O3S2/c1-6(14)7-2-3-9(8(4-7)13(15)16)17-10-11-5-12-18-10/h2-6,14H,1H3. The van der Waals surface area contributed by atoms with E-state index in [1.54, 1.807) is 19.1 Å². The van der Waals surface area contributed by atoms with Crippen molar-refractivity contribution in [1.82, 2.24) is 9.36 Å². The first-order chi connectivity index (χ1) is 8.58. The Kier molecular flexibility index (Phi) is 3.90. The second-order valence-corrected chi connectivity index (χ2v) is 5.54. The molecule has 1 unspecified atom stereocenters. The molecule has 1 aromatic heterocycles. The number of nitrogens with zero attached hydrogens (tertiary/aromatic N) is 3. The molecule has 0 spiro atoms. The van der Waals surface area contributed by atoms with E-state index in [-0.39, 0.29) is 5.69 Å². The molecule has 0 aliphatic rings. The van der Waals surface area contributed by atoms with Crippen molar-refractivity contribution < 1.29 is 10.0 Å². The lowest BCUT2D eigenvalue weighted by atomic mass is 10.1. The van der Waals surface area contributed by atoms with Crippen LogP contribution in [0.5, 0.6) is 0 Å². The summed E-state index contributed by atoms with van der Waals surface area (Å²) in [5.74, 6) is 0. The van der Waals surface area contributed by atoms with Crippen LogP contribution in [0.25, 0.3) is 0 Å². The molecule has 1 N–H and O–H groups in total. The number of aliphatic hydroxyl groups excluding tert-OH is 1. The Balaban J connectivity index is 2.37. The monoisotopic (exact) mass is 283 g/mol. The predicted octanol–water partition coefficient (Wildman–Crippen LogP) is 2.65. The Morgan fingerprint density at radius 1 is 1.56 bits per heavy atom. The molecule has 8 heteroatoms. The minimum absolute atomic E-state index is 0.0337. The molecule has 1 heterocycles. The number of hydrogen-bond acceptors (Lipinski definition) is 7. The quantitative estimate of drug-likeness (QED) is 0.685. The van der Waals surface area contributed by atoms with Gasteiger partial charge >= 0.3 is 0 Å². The van der Waals surface area contributed by atoms with Gasteiger partial charge in [0.25, 0.3) is 5.69 Å². The molecule has 0 saturated heterocycles. The summed E-state index contributed by atoms with van der Waals surface area (Å²) in [4.78, 5) is 15.0. The van der Waals surface area contributed by atoms with E-state index in [2.05, 4.69) is 9.36 Å². The maximum Gasteiger partial charge on any atom is 0.283 e. The van der Waals surface area contributed by atoms with E-state index >= 15 is 0 Å². The van der Waals surface area contributed by atoms with Gasteiger partial charge in [0.1, 0.15) is 6.33 Å². The van der Waals surface area contributed by atoms with Crippen molar-refractivity contribution in [1.29, 1.82) is 0 Å². The highest BCUT2D eigenvalue weighted by Gasteiger charge is 2.18. The zero-order chi connectivity index (χ0) is 13.1. The lowest BCUT2D eigenvalue weighted by Crippen LogP contribution is -1.96. The lowest BCUT2D eigenvalue weighted by Gasteiger charge is -2.06. The molecule has 18 heavy (non-hydrogen) atoms. The Hall–Kier alpha value is -1.51. The zero-order valence-electron chi connectivity index (χ0n) is 9.31. The number of hydrogen-bond donors (Lipinski definition) is 1. The smallest absolute Gasteiger partial charge is 0.283 e. The number of aliphatic hydroxyl groups is 1. The molecule has 6 nitrogen and oxygen atoms in total. The summed E-state index contributed by atoms with van der Waals surface area (Å²) in [7, 11) is 0. The molecule has 2 aromatic rings. The minimum atomic E-state index is -0.732. The Morgan fingerprint density at radius 3 is 2.89 bits per heavy atom. The van der Waals surface area contributed by atoms with Crippen LogP contribution in [0.4, 0.5) is 5.69 Å². The first kappa shape index (κ1) is 12.9. The fourth-order valence-corrected chi connectivity index (χ4v) is 2.81. The molecule has 0 fully saturated rings. The molecule has 2 rings (SSSR count). The van der Waals surface area contributed by atoms with Crippen molar-refractivity contribution in [3.63, 3.8) is 0 Å². The highest BCUT2D eigenvalue weighted by molar-refractivity contribution is 8.01. The average molecular weight is 283 g/mol. The van der Waals surface area contributed by atoms with Gasteiger partial charge in [0.05, 0.1) is 15.9 Å². The van der Waals surface area contributed by atoms with Crippen LogP contribution in [-0.2, 0) is 0 Å². The van der Waals surface area contributed by atoms with Crippen LogP contribution in [0.3, 0.4) is 0 Å². The largest absolute Gasteiger partial charge is 0.389 e. The van der Waals surface area contributed by atoms with Crippen LogP contribution in [0.1, 0.15) is 18.6 Å². The molecule has 0 bridgehead atoms. The summed E-state index contributed by atoms with van der Waals surface area (Å²) in [6.07, 6.45) is 0.674. The van der Waals surface area contributed by atoms with Gasteiger partial charge in [-0.3, -0.25) is 10.1 Å². The molecule has 1 aromatic carbocycles. The van der Waals surface area contributed by atoms with Crippen LogP contribution in [-0.4, -0.2) is 19.4 Å². The molecule has 94 valence electrons. The third kappa shape index (κ3) is 2.84. The van der Waals surface area contributed by atoms with E-state index in [1.807, 2.05) is 0 Å². The van der Waals surface area contributed by atoms with Crippen LogP contribution in [0.15, 0.2) is 33.8 Å². The Labute approximate surface area is 111 Å². The van der Waals surface area contributed by atoms with Gasteiger partial charge in [-0.15, -0.1) is 0 Å². The number of nitro groups is 1. The topological polar surface area (TPSA) is 89.2 Å². The van der Waals surface area contributed by atoms with Gasteiger partial charge in [-0.1, -0.05) is 17.8 Å². The van der Waals surface area contributed by atoms with Crippen molar-refractivity contribution in [2.75, 3.05) is 0 Å². The number of aromatic nitrogens is 2. The van der Waals surface area contributed by atoms with E-state index in [0.717, 1.165) is 0 Å². The van der Waals surface area contributed by atoms with Crippen molar-refractivity contribution in [2.24, 2.45) is 0 Å². The SMILES string of the molecule is CC(O)c1ccc(Sc2ncns2)c([N+](=O)[O-])c1. The lowest BCUT2D eigenvalue weighted by molar-refractivity contribution is -0.387. The summed E-state index contributed by atoms with van der Waals surface area (Å²) < 4.78 is 4.48. The molecule has 0 saturated carbocycles. The second-order valence-electron chi connectivity index (χ2n) is 3.47. The summed E-state index contributed by atoms with van der Waals surface area (Å²) in [6, 6.07) is 4.67. The van der Waals surface area contributed by atoms with Crippen molar-refractivity contribution >= 4 is 29.0 Å². The minimum Gasteiger partial charge on any atom is -0.389 e. The summed E-state index contributed by atoms with van der Waals surface area (Å²) in [6.45, 7) is 1.57. The third-order valence-electron chi connectivity index (χ3n) is 2.20. The first-order valence-corrected chi connectivity index (χ1v) is 6.58. The predicted molar refractivity (Wildman–Crippen MR) is 67.8 cm³/mol. The summed E-state index contributed by atoms with van der Waals surface area (Å²) >= 11 is 2.37. The van der Waals surface area contributed by atoms with Gasteiger partial charge in [0.2, 0.25) is 0 Å². The number of nitro benzene ring substituents is 1. The maximum atomic E-state index is 11.0. The molecular weight excluding hydrogens is 274 g/mol. The maximum absolute atomic E-state index is 11.0. The molecule has 0 amide bonds. The Morgan fingerprint density at radius 2 is 2.33 bits per heavy atom. The van der Waals surface area contributed by atoms with E-state index in [0.29, 0.717) is 14.8 Å². The Bertz CT molecular complexity index is 558. The van der Waals surface area contributed by atoms with E-state index < -0.39 is 11.0 Å². The van der Waals surface area contributed by atoms with Crippen LogP contribution >= 0.6 is 23.3 Å².